The standard InChI is InChI=1S/C19H32N6O.HI/c1-4-6-8-16(5-2)13-21-19(20-11-10-17-9-7-12-26-17)22-14-18-23-15-24-25(18)3;/h7,9,12,15-16H,4-6,8,10-11,13-14H2,1-3H3,(H2,20,21,22);1H. The number of aliphatic imine (C=N–C) groups is 1. The lowest BCUT2D eigenvalue weighted by Crippen LogP contribution is -2.40. The molecule has 0 amide bonds. The Hall–Kier alpha value is -1.58. The molecule has 1 atom stereocenters. The van der Waals surface area contributed by atoms with Crippen molar-refractivity contribution in [3.63, 3.8) is 0 Å². The van der Waals surface area contributed by atoms with Gasteiger partial charge in [0.2, 0.25) is 0 Å². The van der Waals surface area contributed by atoms with Gasteiger partial charge in [-0.05, 0) is 24.5 Å². The first-order valence-electron chi connectivity index (χ1n) is 9.60. The molecule has 7 nitrogen and oxygen atoms in total. The van der Waals surface area contributed by atoms with E-state index in [1.807, 2.05) is 19.2 Å². The molecule has 0 saturated carbocycles. The highest BCUT2D eigenvalue weighted by Gasteiger charge is 2.08. The van der Waals surface area contributed by atoms with Gasteiger partial charge in [0, 0.05) is 26.6 Å². The van der Waals surface area contributed by atoms with Crippen LogP contribution in [0.15, 0.2) is 34.1 Å². The predicted octanol–water partition coefficient (Wildman–Crippen LogP) is 3.52. The maximum Gasteiger partial charge on any atom is 0.191 e. The van der Waals surface area contributed by atoms with Crippen LogP contribution < -0.4 is 10.6 Å². The Morgan fingerprint density at radius 3 is 2.81 bits per heavy atom. The van der Waals surface area contributed by atoms with Gasteiger partial charge in [-0.3, -0.25) is 4.68 Å². The summed E-state index contributed by atoms with van der Waals surface area (Å²) in [6.45, 7) is 6.69. The minimum absolute atomic E-state index is 0. The van der Waals surface area contributed by atoms with Gasteiger partial charge in [0.05, 0.1) is 6.26 Å². The molecule has 2 aromatic heterocycles. The fourth-order valence-electron chi connectivity index (χ4n) is 2.73. The summed E-state index contributed by atoms with van der Waals surface area (Å²) in [5, 5.41) is 11.0. The molecule has 0 aliphatic heterocycles. The molecule has 1 unspecified atom stereocenters. The monoisotopic (exact) mass is 488 g/mol. The summed E-state index contributed by atoms with van der Waals surface area (Å²) < 4.78 is 7.14. The van der Waals surface area contributed by atoms with Crippen molar-refractivity contribution >= 4 is 29.9 Å². The largest absolute Gasteiger partial charge is 0.469 e. The highest BCUT2D eigenvalue weighted by atomic mass is 127. The van der Waals surface area contributed by atoms with E-state index in [9.17, 15) is 0 Å². The van der Waals surface area contributed by atoms with Crippen molar-refractivity contribution in [1.82, 2.24) is 25.4 Å². The lowest BCUT2D eigenvalue weighted by molar-refractivity contribution is 0.443. The fourth-order valence-corrected chi connectivity index (χ4v) is 2.73. The lowest BCUT2D eigenvalue weighted by Gasteiger charge is -2.18. The van der Waals surface area contributed by atoms with Crippen LogP contribution in [0.2, 0.25) is 0 Å². The third kappa shape index (κ3) is 8.77. The average Bonchev–Trinajstić information content (AvgIpc) is 3.31. The molecule has 0 aliphatic rings. The summed E-state index contributed by atoms with van der Waals surface area (Å²) in [6, 6.07) is 3.90. The Morgan fingerprint density at radius 1 is 1.33 bits per heavy atom. The van der Waals surface area contributed by atoms with Crippen LogP contribution in [0.5, 0.6) is 0 Å². The highest BCUT2D eigenvalue weighted by molar-refractivity contribution is 14.0. The first kappa shape index (κ1) is 23.5. The Morgan fingerprint density at radius 2 is 2.19 bits per heavy atom. The summed E-state index contributed by atoms with van der Waals surface area (Å²) >= 11 is 0. The molecule has 27 heavy (non-hydrogen) atoms. The number of halogens is 1. The van der Waals surface area contributed by atoms with E-state index < -0.39 is 0 Å². The van der Waals surface area contributed by atoms with Crippen molar-refractivity contribution in [1.29, 1.82) is 0 Å². The average molecular weight is 488 g/mol. The van der Waals surface area contributed by atoms with Gasteiger partial charge in [0.15, 0.2) is 5.96 Å². The molecule has 2 N–H and O–H groups in total. The molecule has 0 spiro atoms. The zero-order valence-electron chi connectivity index (χ0n) is 16.6. The summed E-state index contributed by atoms with van der Waals surface area (Å²) in [5.41, 5.74) is 0. The van der Waals surface area contributed by atoms with Crippen LogP contribution in [0.3, 0.4) is 0 Å². The van der Waals surface area contributed by atoms with Gasteiger partial charge in [0.1, 0.15) is 24.5 Å². The summed E-state index contributed by atoms with van der Waals surface area (Å²) in [4.78, 5) is 8.91. The first-order valence-corrected chi connectivity index (χ1v) is 9.60. The van der Waals surface area contributed by atoms with Crippen molar-refractivity contribution in [2.45, 2.75) is 52.5 Å². The van der Waals surface area contributed by atoms with Crippen LogP contribution in [0.4, 0.5) is 0 Å². The molecule has 0 aromatic carbocycles. The van der Waals surface area contributed by atoms with Gasteiger partial charge >= 0.3 is 0 Å². The second-order valence-corrected chi connectivity index (χ2v) is 6.52. The topological polar surface area (TPSA) is 80.3 Å². The van der Waals surface area contributed by atoms with E-state index >= 15 is 0 Å². The zero-order valence-corrected chi connectivity index (χ0v) is 19.0. The number of hydrogen-bond acceptors (Lipinski definition) is 4. The van der Waals surface area contributed by atoms with E-state index in [2.05, 4.69) is 39.6 Å². The number of nitrogens with one attached hydrogen (secondary N) is 2. The zero-order chi connectivity index (χ0) is 18.6. The predicted molar refractivity (Wildman–Crippen MR) is 119 cm³/mol. The first-order chi connectivity index (χ1) is 12.7. The molecule has 2 aromatic rings. The van der Waals surface area contributed by atoms with Crippen LogP contribution >= 0.6 is 24.0 Å². The minimum atomic E-state index is 0. The molecule has 2 heterocycles. The van der Waals surface area contributed by atoms with E-state index in [0.717, 1.165) is 37.1 Å². The fraction of sp³-hybridized carbons (Fsp3) is 0.632. The third-order valence-corrected chi connectivity index (χ3v) is 4.53. The molecule has 8 heteroatoms. The van der Waals surface area contributed by atoms with Crippen molar-refractivity contribution in [3.8, 4) is 0 Å². The molecule has 2 rings (SSSR count). The molecule has 0 saturated heterocycles. The van der Waals surface area contributed by atoms with Crippen LogP contribution in [0.1, 0.15) is 51.1 Å². The van der Waals surface area contributed by atoms with Crippen molar-refractivity contribution < 1.29 is 4.42 Å². The molecule has 0 aliphatic carbocycles. The third-order valence-electron chi connectivity index (χ3n) is 4.53. The molecular weight excluding hydrogens is 455 g/mol. The molecule has 152 valence electrons. The Balaban J connectivity index is 0.00000364. The van der Waals surface area contributed by atoms with E-state index in [1.165, 1.54) is 25.7 Å². The number of hydrogen-bond donors (Lipinski definition) is 2. The highest BCUT2D eigenvalue weighted by Crippen LogP contribution is 2.11. The summed E-state index contributed by atoms with van der Waals surface area (Å²) in [5.74, 6) is 3.30. The second-order valence-electron chi connectivity index (χ2n) is 6.52. The Kier molecular flexibility index (Phi) is 11.8. The minimum Gasteiger partial charge on any atom is -0.469 e. The molecule has 0 fully saturated rings. The number of nitrogens with zero attached hydrogens (tertiary/aromatic N) is 4. The summed E-state index contributed by atoms with van der Waals surface area (Å²) in [6.07, 6.45) is 9.03. The van der Waals surface area contributed by atoms with E-state index in [-0.39, 0.29) is 24.0 Å². The number of aromatic nitrogens is 3. The van der Waals surface area contributed by atoms with E-state index in [4.69, 9.17) is 4.42 Å². The SMILES string of the molecule is CCCCC(CC)CNC(=NCc1ncnn1C)NCCc1ccco1.I. The quantitative estimate of drug-likeness (QED) is 0.288. The van der Waals surface area contributed by atoms with Crippen molar-refractivity contribution in [3.05, 3.63) is 36.3 Å². The number of unbranched alkanes of at least 4 members (excludes halogenated alkanes) is 1. The van der Waals surface area contributed by atoms with Crippen LogP contribution in [-0.4, -0.2) is 33.8 Å². The second kappa shape index (κ2) is 13.6. The molecular formula is C19H33IN6O. The van der Waals surface area contributed by atoms with Crippen LogP contribution in [-0.2, 0) is 20.0 Å². The molecule has 0 radical (unpaired) electrons. The van der Waals surface area contributed by atoms with Gasteiger partial charge in [-0.15, -0.1) is 24.0 Å². The van der Waals surface area contributed by atoms with Crippen molar-refractivity contribution in [2.75, 3.05) is 13.1 Å². The lowest BCUT2D eigenvalue weighted by atomic mass is 9.99. The maximum absolute atomic E-state index is 5.39. The van der Waals surface area contributed by atoms with Crippen LogP contribution in [0, 0.1) is 5.92 Å². The van der Waals surface area contributed by atoms with Crippen LogP contribution in [0.25, 0.3) is 0 Å². The van der Waals surface area contributed by atoms with E-state index in [0.29, 0.717) is 12.5 Å². The van der Waals surface area contributed by atoms with Crippen molar-refractivity contribution in [2.24, 2.45) is 18.0 Å². The molecule has 0 bridgehead atoms. The summed E-state index contributed by atoms with van der Waals surface area (Å²) in [7, 11) is 1.88. The van der Waals surface area contributed by atoms with Gasteiger partial charge in [-0.1, -0.05) is 33.1 Å². The number of furan rings is 1. The number of aryl methyl sites for hydroxylation is 1. The van der Waals surface area contributed by atoms with Gasteiger partial charge in [-0.25, -0.2) is 9.98 Å². The number of rotatable bonds is 11. The van der Waals surface area contributed by atoms with Gasteiger partial charge < -0.3 is 15.1 Å². The Labute approximate surface area is 179 Å². The van der Waals surface area contributed by atoms with E-state index in [1.54, 1.807) is 17.3 Å². The van der Waals surface area contributed by atoms with Gasteiger partial charge in [0.25, 0.3) is 0 Å². The number of guanidine groups is 1. The smallest absolute Gasteiger partial charge is 0.191 e. The normalized spacial score (nSPS) is 12.5. The Bertz CT molecular complexity index is 640. The maximum atomic E-state index is 5.39. The van der Waals surface area contributed by atoms with Gasteiger partial charge in [-0.2, -0.15) is 5.10 Å².